The highest BCUT2D eigenvalue weighted by molar-refractivity contribution is 8.00. The molecule has 1 N–H and O–H groups in total. The van der Waals surface area contributed by atoms with Crippen LogP contribution in [0.2, 0.25) is 0 Å². The van der Waals surface area contributed by atoms with Crippen LogP contribution in [0, 0.1) is 0 Å². The lowest BCUT2D eigenvalue weighted by Crippen LogP contribution is -2.39. The van der Waals surface area contributed by atoms with Crippen molar-refractivity contribution in [2.24, 2.45) is 0 Å². The van der Waals surface area contributed by atoms with Crippen molar-refractivity contribution in [3.63, 3.8) is 0 Å². The highest BCUT2D eigenvalue weighted by Gasteiger charge is 2.33. The summed E-state index contributed by atoms with van der Waals surface area (Å²) < 4.78 is 28.9. The van der Waals surface area contributed by atoms with Crippen molar-refractivity contribution in [2.45, 2.75) is 54.1 Å². The second kappa shape index (κ2) is 6.85. The van der Waals surface area contributed by atoms with E-state index in [0.29, 0.717) is 11.4 Å². The summed E-state index contributed by atoms with van der Waals surface area (Å²) in [5.41, 5.74) is 4.43. The maximum atomic E-state index is 13.7. The lowest BCUT2D eigenvalue weighted by molar-refractivity contribution is 0.588. The van der Waals surface area contributed by atoms with Gasteiger partial charge in [-0.15, -0.1) is 11.8 Å². The van der Waals surface area contributed by atoms with Gasteiger partial charge in [-0.05, 0) is 68.0 Å². The molecular weight excluding hydrogens is 388 g/mol. The van der Waals surface area contributed by atoms with Crippen molar-refractivity contribution in [2.75, 3.05) is 10.8 Å². The normalized spacial score (nSPS) is 19.5. The van der Waals surface area contributed by atoms with Crippen molar-refractivity contribution >= 4 is 38.4 Å². The van der Waals surface area contributed by atoms with Crippen LogP contribution < -0.4 is 4.31 Å². The van der Waals surface area contributed by atoms with Crippen LogP contribution in [-0.2, 0) is 22.9 Å². The number of hydrogen-bond donors (Lipinski definition) is 1. The third kappa shape index (κ3) is 2.85. The van der Waals surface area contributed by atoms with Gasteiger partial charge in [-0.25, -0.2) is 8.42 Å². The molecule has 0 radical (unpaired) electrons. The number of fused-ring (bicyclic) bond motifs is 4. The number of aromatic nitrogens is 1. The van der Waals surface area contributed by atoms with E-state index < -0.39 is 10.0 Å². The average Bonchev–Trinajstić information content (AvgIpc) is 3.10. The summed E-state index contributed by atoms with van der Waals surface area (Å²) in [6.45, 7) is 2.64. The van der Waals surface area contributed by atoms with Gasteiger partial charge in [0.25, 0.3) is 10.0 Å². The van der Waals surface area contributed by atoms with Crippen LogP contribution in [0.3, 0.4) is 0 Å². The first-order valence-electron chi connectivity index (χ1n) is 10.00. The molecule has 146 valence electrons. The number of para-hydroxylation sites is 1. The van der Waals surface area contributed by atoms with E-state index >= 15 is 0 Å². The minimum atomic E-state index is -3.61. The number of thioether (sulfide) groups is 1. The summed E-state index contributed by atoms with van der Waals surface area (Å²) in [4.78, 5) is 4.93. The molecule has 1 aliphatic carbocycles. The van der Waals surface area contributed by atoms with Gasteiger partial charge >= 0.3 is 0 Å². The SMILES string of the molecule is CC[C@H]1CN(S(=O)(=O)c2ccc3[nH]c4c(c3c2)CCCC4)c2ccccc2S1. The van der Waals surface area contributed by atoms with Gasteiger partial charge in [0, 0.05) is 33.3 Å². The van der Waals surface area contributed by atoms with Crippen LogP contribution in [0.5, 0.6) is 0 Å². The first kappa shape index (κ1) is 18.1. The zero-order valence-electron chi connectivity index (χ0n) is 15.9. The molecule has 6 heteroatoms. The molecule has 1 aliphatic heterocycles. The van der Waals surface area contributed by atoms with E-state index in [9.17, 15) is 8.42 Å². The van der Waals surface area contributed by atoms with E-state index in [0.717, 1.165) is 40.7 Å². The Kier molecular flexibility index (Phi) is 4.43. The molecule has 1 aromatic heterocycles. The van der Waals surface area contributed by atoms with Gasteiger partial charge in [-0.2, -0.15) is 0 Å². The van der Waals surface area contributed by atoms with Crippen molar-refractivity contribution < 1.29 is 8.42 Å². The molecule has 2 aromatic carbocycles. The van der Waals surface area contributed by atoms with E-state index in [-0.39, 0.29) is 5.25 Å². The van der Waals surface area contributed by atoms with Crippen molar-refractivity contribution in [1.29, 1.82) is 0 Å². The number of rotatable bonds is 3. The molecule has 2 aliphatic rings. The van der Waals surface area contributed by atoms with Crippen molar-refractivity contribution in [1.82, 2.24) is 4.98 Å². The highest BCUT2D eigenvalue weighted by atomic mass is 32.2. The Balaban J connectivity index is 1.62. The fourth-order valence-electron chi connectivity index (χ4n) is 4.38. The predicted octanol–water partition coefficient (Wildman–Crippen LogP) is 5.13. The molecule has 28 heavy (non-hydrogen) atoms. The fraction of sp³-hybridized carbons (Fsp3) is 0.364. The number of hydrogen-bond acceptors (Lipinski definition) is 3. The van der Waals surface area contributed by atoms with Crippen LogP contribution in [0.1, 0.15) is 37.4 Å². The monoisotopic (exact) mass is 412 g/mol. The van der Waals surface area contributed by atoms with Crippen LogP contribution in [-0.4, -0.2) is 25.2 Å². The summed E-state index contributed by atoms with van der Waals surface area (Å²) in [6, 6.07) is 13.4. The number of sulfonamides is 1. The molecule has 0 bridgehead atoms. The number of nitrogens with one attached hydrogen (secondary N) is 1. The molecule has 4 nitrogen and oxygen atoms in total. The van der Waals surface area contributed by atoms with Gasteiger partial charge in [-0.3, -0.25) is 4.31 Å². The quantitative estimate of drug-likeness (QED) is 0.649. The number of nitrogens with zero attached hydrogens (tertiary/aromatic N) is 1. The summed E-state index contributed by atoms with van der Waals surface area (Å²) in [7, 11) is -3.61. The predicted molar refractivity (Wildman–Crippen MR) is 116 cm³/mol. The zero-order valence-corrected chi connectivity index (χ0v) is 17.6. The van der Waals surface area contributed by atoms with E-state index in [2.05, 4.69) is 11.9 Å². The number of aromatic amines is 1. The number of benzene rings is 2. The van der Waals surface area contributed by atoms with Crippen LogP contribution in [0.15, 0.2) is 52.3 Å². The van der Waals surface area contributed by atoms with E-state index in [4.69, 9.17) is 0 Å². The molecular formula is C22H24N2O2S2. The topological polar surface area (TPSA) is 53.2 Å². The lowest BCUT2D eigenvalue weighted by Gasteiger charge is -2.34. The first-order valence-corrected chi connectivity index (χ1v) is 12.3. The Labute approximate surface area is 170 Å². The second-order valence-corrected chi connectivity index (χ2v) is 10.9. The van der Waals surface area contributed by atoms with Crippen molar-refractivity contribution in [3.05, 3.63) is 53.7 Å². The molecule has 0 saturated carbocycles. The fourth-order valence-corrected chi connectivity index (χ4v) is 7.29. The van der Waals surface area contributed by atoms with E-state index in [1.54, 1.807) is 22.1 Å². The largest absolute Gasteiger partial charge is 0.358 e. The number of aryl methyl sites for hydroxylation is 2. The maximum absolute atomic E-state index is 13.7. The molecule has 0 spiro atoms. The van der Waals surface area contributed by atoms with Gasteiger partial charge in [0.05, 0.1) is 10.6 Å². The molecule has 5 rings (SSSR count). The molecule has 0 amide bonds. The summed E-state index contributed by atoms with van der Waals surface area (Å²) in [5.74, 6) is 0. The first-order chi connectivity index (χ1) is 13.6. The highest BCUT2D eigenvalue weighted by Crippen LogP contribution is 2.42. The van der Waals surface area contributed by atoms with Gasteiger partial charge in [-0.1, -0.05) is 19.1 Å². The Morgan fingerprint density at radius 1 is 1.14 bits per heavy atom. The Bertz CT molecular complexity index is 1150. The zero-order chi connectivity index (χ0) is 19.3. The standard InChI is InChI=1S/C22H24N2O2S2/c1-2-15-14-24(21-9-5-6-10-22(21)27-15)28(25,26)16-11-12-20-18(13-16)17-7-3-4-8-19(17)23-20/h5-6,9-13,15,23H,2-4,7-8,14H2,1H3/t15-/m0/s1. The number of H-pyrrole nitrogens is 1. The molecule has 1 atom stereocenters. The van der Waals surface area contributed by atoms with Crippen LogP contribution >= 0.6 is 11.8 Å². The molecule has 0 fully saturated rings. The second-order valence-electron chi connectivity index (χ2n) is 7.65. The summed E-state index contributed by atoms with van der Waals surface area (Å²) >= 11 is 1.78. The lowest BCUT2D eigenvalue weighted by atomic mass is 9.96. The minimum absolute atomic E-state index is 0.272. The van der Waals surface area contributed by atoms with E-state index in [1.165, 1.54) is 24.1 Å². The maximum Gasteiger partial charge on any atom is 0.264 e. The molecule has 0 saturated heterocycles. The van der Waals surface area contributed by atoms with Crippen LogP contribution in [0.25, 0.3) is 10.9 Å². The summed E-state index contributed by atoms with van der Waals surface area (Å²) in [6.07, 6.45) is 5.40. The van der Waals surface area contributed by atoms with Gasteiger partial charge in [0.2, 0.25) is 0 Å². The van der Waals surface area contributed by atoms with Gasteiger partial charge in [0.1, 0.15) is 0 Å². The Morgan fingerprint density at radius 2 is 1.96 bits per heavy atom. The molecule has 0 unspecified atom stereocenters. The van der Waals surface area contributed by atoms with Crippen LogP contribution in [0.4, 0.5) is 5.69 Å². The smallest absolute Gasteiger partial charge is 0.264 e. The van der Waals surface area contributed by atoms with Crippen molar-refractivity contribution in [3.8, 4) is 0 Å². The van der Waals surface area contributed by atoms with Gasteiger partial charge < -0.3 is 4.98 Å². The third-order valence-corrected chi connectivity index (χ3v) is 9.10. The Hall–Kier alpha value is -1.92. The minimum Gasteiger partial charge on any atom is -0.358 e. The molecule has 3 aromatic rings. The third-order valence-electron chi connectivity index (χ3n) is 5.91. The van der Waals surface area contributed by atoms with E-state index in [1.807, 2.05) is 36.4 Å². The van der Waals surface area contributed by atoms with Gasteiger partial charge in [0.15, 0.2) is 0 Å². The number of anilines is 1. The summed E-state index contributed by atoms with van der Waals surface area (Å²) in [5, 5.41) is 1.34. The Morgan fingerprint density at radius 3 is 2.82 bits per heavy atom. The average molecular weight is 413 g/mol. The molecule has 2 heterocycles.